The van der Waals surface area contributed by atoms with E-state index in [1.165, 1.54) is 16.3 Å². The number of aryl methyl sites for hydroxylation is 2. The second kappa shape index (κ2) is 5.34. The highest BCUT2D eigenvalue weighted by atomic mass is 16.3. The minimum atomic E-state index is -0.524. The highest BCUT2D eigenvalue weighted by molar-refractivity contribution is 5.85. The number of fused-ring (bicyclic) bond motifs is 1. The van der Waals surface area contributed by atoms with Gasteiger partial charge in [0.05, 0.1) is 11.8 Å². The Hall–Kier alpha value is -2.13. The van der Waals surface area contributed by atoms with Crippen molar-refractivity contribution < 1.29 is 5.11 Å². The first kappa shape index (κ1) is 13.8. The van der Waals surface area contributed by atoms with Crippen LogP contribution in [-0.4, -0.2) is 14.9 Å². The van der Waals surface area contributed by atoms with Crippen LogP contribution in [-0.2, 0) is 13.5 Å². The second-order valence-corrected chi connectivity index (χ2v) is 5.57. The van der Waals surface area contributed by atoms with E-state index >= 15 is 0 Å². The first-order valence-corrected chi connectivity index (χ1v) is 7.22. The van der Waals surface area contributed by atoms with E-state index in [1.807, 2.05) is 43.8 Å². The van der Waals surface area contributed by atoms with E-state index in [0.717, 1.165) is 17.0 Å². The molecule has 1 atom stereocenters. The highest BCUT2D eigenvalue weighted by Crippen LogP contribution is 2.27. The van der Waals surface area contributed by atoms with E-state index < -0.39 is 6.10 Å². The SMILES string of the molecule is Cc1nn(C)c(C)c1C(O)Cc1cccc2ccccc12. The summed E-state index contributed by atoms with van der Waals surface area (Å²) in [6, 6.07) is 14.5. The summed E-state index contributed by atoms with van der Waals surface area (Å²) in [5.74, 6) is 0. The molecule has 3 heteroatoms. The van der Waals surface area contributed by atoms with Crippen LogP contribution >= 0.6 is 0 Å². The molecule has 21 heavy (non-hydrogen) atoms. The lowest BCUT2D eigenvalue weighted by molar-refractivity contribution is 0.177. The van der Waals surface area contributed by atoms with Gasteiger partial charge in [0.15, 0.2) is 0 Å². The highest BCUT2D eigenvalue weighted by Gasteiger charge is 2.19. The molecule has 0 aliphatic carbocycles. The maximum Gasteiger partial charge on any atom is 0.0866 e. The van der Waals surface area contributed by atoms with Crippen molar-refractivity contribution in [2.45, 2.75) is 26.4 Å². The Labute approximate surface area is 124 Å². The number of aliphatic hydroxyl groups excluding tert-OH is 1. The summed E-state index contributed by atoms with van der Waals surface area (Å²) < 4.78 is 1.83. The Morgan fingerprint density at radius 3 is 2.52 bits per heavy atom. The molecule has 0 amide bonds. The lowest BCUT2D eigenvalue weighted by Crippen LogP contribution is -2.05. The third-order valence-corrected chi connectivity index (χ3v) is 4.19. The number of benzene rings is 2. The summed E-state index contributed by atoms with van der Waals surface area (Å²) in [5.41, 5.74) is 4.05. The standard InChI is InChI=1S/C18H20N2O/c1-12-18(13(2)20(3)19-12)17(21)11-15-9-6-8-14-7-4-5-10-16(14)15/h4-10,17,21H,11H2,1-3H3. The summed E-state index contributed by atoms with van der Waals surface area (Å²) in [6.07, 6.45) is 0.0823. The van der Waals surface area contributed by atoms with Gasteiger partial charge in [-0.05, 0) is 30.2 Å². The van der Waals surface area contributed by atoms with E-state index in [0.29, 0.717) is 6.42 Å². The lowest BCUT2D eigenvalue weighted by atomic mass is 9.96. The molecule has 0 saturated carbocycles. The molecule has 2 aromatic carbocycles. The number of aromatic nitrogens is 2. The molecule has 0 bridgehead atoms. The van der Waals surface area contributed by atoms with Crippen molar-refractivity contribution in [1.82, 2.24) is 9.78 Å². The van der Waals surface area contributed by atoms with Crippen molar-refractivity contribution >= 4 is 10.8 Å². The molecule has 3 rings (SSSR count). The third-order valence-electron chi connectivity index (χ3n) is 4.19. The Morgan fingerprint density at radius 1 is 1.10 bits per heavy atom. The topological polar surface area (TPSA) is 38.0 Å². The molecule has 3 aromatic rings. The van der Waals surface area contributed by atoms with Gasteiger partial charge in [0.25, 0.3) is 0 Å². The molecular weight excluding hydrogens is 260 g/mol. The third kappa shape index (κ3) is 2.45. The smallest absolute Gasteiger partial charge is 0.0866 e. The van der Waals surface area contributed by atoms with Gasteiger partial charge in [0.1, 0.15) is 0 Å². The normalized spacial score (nSPS) is 12.8. The van der Waals surface area contributed by atoms with Crippen LogP contribution in [0.4, 0.5) is 0 Å². The average Bonchev–Trinajstić information content (AvgIpc) is 2.72. The van der Waals surface area contributed by atoms with E-state index in [2.05, 4.69) is 29.4 Å². The predicted molar refractivity (Wildman–Crippen MR) is 85.3 cm³/mol. The van der Waals surface area contributed by atoms with Crippen LogP contribution in [0.3, 0.4) is 0 Å². The predicted octanol–water partition coefficient (Wildman–Crippen LogP) is 3.47. The summed E-state index contributed by atoms with van der Waals surface area (Å²) in [5, 5.41) is 17.5. The number of aliphatic hydroxyl groups is 1. The van der Waals surface area contributed by atoms with Gasteiger partial charge in [0, 0.05) is 24.7 Å². The number of hydrogen-bond donors (Lipinski definition) is 1. The molecule has 1 aromatic heterocycles. The van der Waals surface area contributed by atoms with Gasteiger partial charge in [-0.15, -0.1) is 0 Å². The maximum absolute atomic E-state index is 10.7. The first-order valence-electron chi connectivity index (χ1n) is 7.22. The van der Waals surface area contributed by atoms with Gasteiger partial charge < -0.3 is 5.11 Å². The average molecular weight is 280 g/mol. The van der Waals surface area contributed by atoms with Gasteiger partial charge in [-0.2, -0.15) is 5.10 Å². The molecule has 0 aliphatic heterocycles. The molecule has 0 aliphatic rings. The Balaban J connectivity index is 1.98. The summed E-state index contributed by atoms with van der Waals surface area (Å²) in [7, 11) is 1.91. The van der Waals surface area contributed by atoms with Gasteiger partial charge >= 0.3 is 0 Å². The second-order valence-electron chi connectivity index (χ2n) is 5.57. The van der Waals surface area contributed by atoms with Crippen molar-refractivity contribution in [2.24, 2.45) is 7.05 Å². The quantitative estimate of drug-likeness (QED) is 0.797. The lowest BCUT2D eigenvalue weighted by Gasteiger charge is -2.13. The minimum Gasteiger partial charge on any atom is -0.388 e. The van der Waals surface area contributed by atoms with E-state index in [-0.39, 0.29) is 0 Å². The monoisotopic (exact) mass is 280 g/mol. The van der Waals surface area contributed by atoms with E-state index in [9.17, 15) is 5.11 Å². The van der Waals surface area contributed by atoms with Crippen LogP contribution in [0.5, 0.6) is 0 Å². The fraction of sp³-hybridized carbons (Fsp3) is 0.278. The van der Waals surface area contributed by atoms with Gasteiger partial charge in [-0.3, -0.25) is 4.68 Å². The van der Waals surface area contributed by atoms with E-state index in [4.69, 9.17) is 0 Å². The summed E-state index contributed by atoms with van der Waals surface area (Å²) >= 11 is 0. The van der Waals surface area contributed by atoms with Crippen LogP contribution in [0.2, 0.25) is 0 Å². The van der Waals surface area contributed by atoms with Crippen molar-refractivity contribution in [1.29, 1.82) is 0 Å². The minimum absolute atomic E-state index is 0.524. The molecule has 0 fully saturated rings. The Bertz CT molecular complexity index is 784. The van der Waals surface area contributed by atoms with Crippen LogP contribution in [0, 0.1) is 13.8 Å². The van der Waals surface area contributed by atoms with Crippen molar-refractivity contribution in [3.8, 4) is 0 Å². The zero-order valence-corrected chi connectivity index (χ0v) is 12.7. The summed E-state index contributed by atoms with van der Waals surface area (Å²) in [4.78, 5) is 0. The van der Waals surface area contributed by atoms with Gasteiger partial charge in [-0.1, -0.05) is 42.5 Å². The van der Waals surface area contributed by atoms with Crippen LogP contribution in [0.1, 0.15) is 28.6 Å². The number of nitrogens with zero attached hydrogens (tertiary/aromatic N) is 2. The molecule has 0 radical (unpaired) electrons. The van der Waals surface area contributed by atoms with Gasteiger partial charge in [0.2, 0.25) is 0 Å². The van der Waals surface area contributed by atoms with Crippen molar-refractivity contribution in [3.63, 3.8) is 0 Å². The zero-order valence-electron chi connectivity index (χ0n) is 12.7. The van der Waals surface area contributed by atoms with E-state index in [1.54, 1.807) is 0 Å². The van der Waals surface area contributed by atoms with Crippen LogP contribution in [0.25, 0.3) is 10.8 Å². The molecule has 0 saturated heterocycles. The molecule has 1 unspecified atom stereocenters. The zero-order chi connectivity index (χ0) is 15.0. The molecule has 108 valence electrons. The molecule has 3 nitrogen and oxygen atoms in total. The van der Waals surface area contributed by atoms with Crippen molar-refractivity contribution in [2.75, 3.05) is 0 Å². The van der Waals surface area contributed by atoms with Crippen LogP contribution in [0.15, 0.2) is 42.5 Å². The fourth-order valence-corrected chi connectivity index (χ4v) is 3.05. The fourth-order valence-electron chi connectivity index (χ4n) is 3.05. The molecule has 1 heterocycles. The number of hydrogen-bond acceptors (Lipinski definition) is 2. The molecule has 0 spiro atoms. The molecule has 1 N–H and O–H groups in total. The summed E-state index contributed by atoms with van der Waals surface area (Å²) in [6.45, 7) is 3.95. The number of rotatable bonds is 3. The Kier molecular flexibility index (Phi) is 3.52. The van der Waals surface area contributed by atoms with Crippen LogP contribution < -0.4 is 0 Å². The molecular formula is C18H20N2O. The van der Waals surface area contributed by atoms with Gasteiger partial charge in [-0.25, -0.2) is 0 Å². The largest absolute Gasteiger partial charge is 0.388 e. The van der Waals surface area contributed by atoms with Crippen molar-refractivity contribution in [3.05, 3.63) is 65.0 Å². The Morgan fingerprint density at radius 2 is 1.81 bits per heavy atom. The first-order chi connectivity index (χ1) is 10.1. The maximum atomic E-state index is 10.7.